The van der Waals surface area contributed by atoms with E-state index in [1.54, 1.807) is 0 Å². The fraction of sp³-hybridized carbons (Fsp3) is 0.579. The lowest BCUT2D eigenvalue weighted by Gasteiger charge is -2.38. The highest BCUT2D eigenvalue weighted by Crippen LogP contribution is 2.33. The van der Waals surface area contributed by atoms with Crippen LogP contribution < -0.4 is 5.32 Å². The third kappa shape index (κ3) is 10.6. The van der Waals surface area contributed by atoms with Crippen LogP contribution in [0.3, 0.4) is 0 Å². The van der Waals surface area contributed by atoms with E-state index >= 15 is 0 Å². The largest absolute Gasteiger partial charge is 0.480 e. The van der Waals surface area contributed by atoms with Crippen LogP contribution in [0.4, 0.5) is 0 Å². The number of carbonyl (C=O) groups excluding carboxylic acids is 1. The smallest absolute Gasteiger partial charge is 0.326 e. The summed E-state index contributed by atoms with van der Waals surface area (Å²) >= 11 is 0. The first-order chi connectivity index (χ1) is 20.6. The van der Waals surface area contributed by atoms with Crippen molar-refractivity contribution >= 4 is 11.9 Å². The van der Waals surface area contributed by atoms with Gasteiger partial charge in [-0.15, -0.1) is 0 Å². The molecule has 0 bridgehead atoms. The maximum Gasteiger partial charge on any atom is 0.326 e. The number of carbonyl (C=O) groups is 2. The molecule has 0 unspecified atom stereocenters. The number of amides is 1. The Morgan fingerprint density at radius 3 is 2.37 bits per heavy atom. The highest BCUT2D eigenvalue weighted by Gasteiger charge is 2.27. The monoisotopic (exact) mass is 588 g/mol. The minimum Gasteiger partial charge on any atom is -0.480 e. The summed E-state index contributed by atoms with van der Waals surface area (Å²) < 4.78 is 0. The molecule has 43 heavy (non-hydrogen) atoms. The zero-order valence-corrected chi connectivity index (χ0v) is 27.6. The van der Waals surface area contributed by atoms with Crippen LogP contribution in [-0.4, -0.2) is 40.0 Å². The number of aliphatic carboxylic acids is 1. The van der Waals surface area contributed by atoms with E-state index in [0.717, 1.165) is 35.6 Å². The van der Waals surface area contributed by atoms with E-state index in [-0.39, 0.29) is 5.91 Å². The van der Waals surface area contributed by atoms with Gasteiger partial charge < -0.3 is 10.4 Å². The van der Waals surface area contributed by atoms with Gasteiger partial charge in [-0.25, -0.2) is 4.79 Å². The minimum atomic E-state index is -0.995. The summed E-state index contributed by atoms with van der Waals surface area (Å²) in [5.74, 6) is -0.520. The molecule has 1 aliphatic carbocycles. The van der Waals surface area contributed by atoms with Crippen LogP contribution in [0.2, 0.25) is 0 Å². The summed E-state index contributed by atoms with van der Waals surface area (Å²) in [5, 5.41) is 12.5. The van der Waals surface area contributed by atoms with Crippen molar-refractivity contribution in [2.24, 2.45) is 5.92 Å². The van der Waals surface area contributed by atoms with E-state index in [9.17, 15) is 14.7 Å². The van der Waals surface area contributed by atoms with Gasteiger partial charge in [-0.3, -0.25) is 9.69 Å². The fourth-order valence-corrected chi connectivity index (χ4v) is 6.68. The molecule has 0 radical (unpaired) electrons. The number of carboxylic acid groups (broad SMARTS) is 1. The lowest BCUT2D eigenvalue weighted by Crippen LogP contribution is -2.41. The van der Waals surface area contributed by atoms with Gasteiger partial charge in [0.25, 0.3) is 5.91 Å². The van der Waals surface area contributed by atoms with Gasteiger partial charge in [0.2, 0.25) is 0 Å². The minimum absolute atomic E-state index is 0.333. The number of allylic oxidation sites excluding steroid dienone is 2. The molecule has 0 spiro atoms. The van der Waals surface area contributed by atoms with Crippen molar-refractivity contribution in [2.45, 2.75) is 137 Å². The lowest BCUT2D eigenvalue weighted by atomic mass is 9.83. The number of hydrogen-bond acceptors (Lipinski definition) is 3. The number of benzene rings is 2. The Kier molecular flexibility index (Phi) is 14.0. The second-order valence-electron chi connectivity index (χ2n) is 13.2. The van der Waals surface area contributed by atoms with Crippen LogP contribution in [0.5, 0.6) is 0 Å². The van der Waals surface area contributed by atoms with E-state index in [0.29, 0.717) is 30.5 Å². The number of nitrogens with zero attached hydrogens (tertiary/aromatic N) is 1. The van der Waals surface area contributed by atoms with Crippen molar-refractivity contribution in [3.63, 3.8) is 0 Å². The SMILES string of the molecule is CCC[C@H](NC(=O)c1ccc(CN(C(C)C)[C@@H](CCCC=C(C)C)CC2CCCCC2)cc1-c1ccccc1C)C(=O)O. The van der Waals surface area contributed by atoms with Gasteiger partial charge in [-0.2, -0.15) is 0 Å². The van der Waals surface area contributed by atoms with Crippen LogP contribution in [-0.2, 0) is 11.3 Å². The van der Waals surface area contributed by atoms with E-state index in [1.165, 1.54) is 62.5 Å². The lowest BCUT2D eigenvalue weighted by molar-refractivity contribution is -0.139. The molecule has 1 aliphatic rings. The maximum absolute atomic E-state index is 13.5. The summed E-state index contributed by atoms with van der Waals surface area (Å²) in [6.07, 6.45) is 15.0. The molecule has 2 aromatic rings. The molecule has 2 atom stereocenters. The van der Waals surface area contributed by atoms with E-state index in [1.807, 2.05) is 25.1 Å². The van der Waals surface area contributed by atoms with Crippen LogP contribution in [0.25, 0.3) is 11.1 Å². The zero-order valence-electron chi connectivity index (χ0n) is 27.6. The van der Waals surface area contributed by atoms with E-state index in [2.05, 4.69) is 75.2 Å². The summed E-state index contributed by atoms with van der Waals surface area (Å²) in [7, 11) is 0. The number of unbranched alkanes of at least 4 members (excludes halogenated alkanes) is 1. The van der Waals surface area contributed by atoms with Crippen LogP contribution >= 0.6 is 0 Å². The quantitative estimate of drug-likeness (QED) is 0.151. The summed E-state index contributed by atoms with van der Waals surface area (Å²) in [6, 6.07) is 14.3. The molecule has 3 rings (SSSR count). The Balaban J connectivity index is 1.95. The average Bonchev–Trinajstić information content (AvgIpc) is 2.97. The first-order valence-electron chi connectivity index (χ1n) is 16.7. The normalized spacial score (nSPS) is 15.3. The highest BCUT2D eigenvalue weighted by molar-refractivity contribution is 6.02. The first-order valence-corrected chi connectivity index (χ1v) is 16.7. The maximum atomic E-state index is 13.5. The number of nitrogens with one attached hydrogen (secondary N) is 1. The Labute approximate surface area is 261 Å². The number of carboxylic acids is 1. The molecule has 2 N–H and O–H groups in total. The van der Waals surface area contributed by atoms with Crippen LogP contribution in [0.15, 0.2) is 54.1 Å². The van der Waals surface area contributed by atoms with Gasteiger partial charge in [0.05, 0.1) is 0 Å². The highest BCUT2D eigenvalue weighted by atomic mass is 16.4. The van der Waals surface area contributed by atoms with Crippen LogP contribution in [0, 0.1) is 12.8 Å². The van der Waals surface area contributed by atoms with Crippen molar-refractivity contribution in [1.82, 2.24) is 10.2 Å². The molecule has 236 valence electrons. The molecular formula is C38H56N2O3. The Hall–Kier alpha value is -2.92. The van der Waals surface area contributed by atoms with Crippen molar-refractivity contribution in [1.29, 1.82) is 0 Å². The molecule has 0 aliphatic heterocycles. The third-order valence-electron chi connectivity index (χ3n) is 9.07. The average molecular weight is 589 g/mol. The van der Waals surface area contributed by atoms with E-state index < -0.39 is 12.0 Å². The second kappa shape index (κ2) is 17.4. The van der Waals surface area contributed by atoms with Gasteiger partial charge in [-0.1, -0.05) is 87.4 Å². The Morgan fingerprint density at radius 1 is 1.02 bits per heavy atom. The van der Waals surface area contributed by atoms with Gasteiger partial charge in [-0.05, 0) is 107 Å². The molecule has 1 amide bonds. The second-order valence-corrected chi connectivity index (χ2v) is 13.2. The summed E-state index contributed by atoms with van der Waals surface area (Å²) in [6.45, 7) is 13.8. The van der Waals surface area contributed by atoms with Crippen molar-refractivity contribution in [3.8, 4) is 11.1 Å². The molecule has 5 heteroatoms. The van der Waals surface area contributed by atoms with Gasteiger partial charge in [0.15, 0.2) is 0 Å². The number of hydrogen-bond donors (Lipinski definition) is 2. The van der Waals surface area contributed by atoms with Gasteiger partial charge in [0.1, 0.15) is 6.04 Å². The third-order valence-corrected chi connectivity index (χ3v) is 9.07. The Bertz CT molecular complexity index is 1210. The van der Waals surface area contributed by atoms with Crippen molar-refractivity contribution < 1.29 is 14.7 Å². The zero-order chi connectivity index (χ0) is 31.4. The number of aryl methyl sites for hydroxylation is 1. The Morgan fingerprint density at radius 2 is 1.74 bits per heavy atom. The number of rotatable bonds is 16. The van der Waals surface area contributed by atoms with Crippen LogP contribution in [0.1, 0.15) is 127 Å². The molecule has 5 nitrogen and oxygen atoms in total. The molecule has 0 heterocycles. The predicted molar refractivity (Wildman–Crippen MR) is 179 cm³/mol. The predicted octanol–water partition coefficient (Wildman–Crippen LogP) is 9.33. The van der Waals surface area contributed by atoms with Crippen molar-refractivity contribution in [3.05, 3.63) is 70.8 Å². The standard InChI is InChI=1S/C38H56N2O3/c1-7-15-36(38(42)43)39-37(41)34-23-22-31(25-35(34)33-21-14-12-17-29(33)6)26-40(28(4)5)32(20-13-11-16-27(2)3)24-30-18-9-8-10-19-30/h12,14,16-17,21-23,25,28,30,32,36H,7-11,13,15,18-20,24,26H2,1-6H3,(H,39,41)(H,42,43)/t32-,36-/m0/s1. The molecular weight excluding hydrogens is 532 g/mol. The molecule has 1 saturated carbocycles. The first kappa shape index (κ1) is 34.6. The van der Waals surface area contributed by atoms with Gasteiger partial charge in [0, 0.05) is 24.2 Å². The molecule has 1 fully saturated rings. The summed E-state index contributed by atoms with van der Waals surface area (Å²) in [4.78, 5) is 28.0. The summed E-state index contributed by atoms with van der Waals surface area (Å²) in [5.41, 5.74) is 6.06. The molecule has 0 aromatic heterocycles. The molecule has 2 aromatic carbocycles. The topological polar surface area (TPSA) is 69.6 Å². The molecule has 0 saturated heterocycles. The fourth-order valence-electron chi connectivity index (χ4n) is 6.68. The van der Waals surface area contributed by atoms with E-state index in [4.69, 9.17) is 0 Å². The van der Waals surface area contributed by atoms with Crippen molar-refractivity contribution in [2.75, 3.05) is 0 Å². The van der Waals surface area contributed by atoms with Gasteiger partial charge >= 0.3 is 5.97 Å².